The number of alkyl halides is 3. The van der Waals surface area contributed by atoms with E-state index in [-0.39, 0.29) is 18.2 Å². The van der Waals surface area contributed by atoms with Crippen LogP contribution in [0.3, 0.4) is 0 Å². The van der Waals surface area contributed by atoms with Crippen molar-refractivity contribution in [3.8, 4) is 0 Å². The number of benzene rings is 1. The van der Waals surface area contributed by atoms with Crippen LogP contribution in [0.25, 0.3) is 0 Å². The van der Waals surface area contributed by atoms with Crippen molar-refractivity contribution >= 4 is 23.2 Å². The van der Waals surface area contributed by atoms with E-state index in [1.165, 1.54) is 13.0 Å². The van der Waals surface area contributed by atoms with Gasteiger partial charge in [0.2, 0.25) is 5.91 Å². The van der Waals surface area contributed by atoms with Crippen LogP contribution in [0, 0.1) is 0 Å². The van der Waals surface area contributed by atoms with Crippen molar-refractivity contribution in [1.29, 1.82) is 0 Å². The lowest BCUT2D eigenvalue weighted by atomic mass is 10.1. The van der Waals surface area contributed by atoms with Gasteiger partial charge in [-0.15, -0.1) is 0 Å². The predicted molar refractivity (Wildman–Crippen MR) is 103 cm³/mol. The summed E-state index contributed by atoms with van der Waals surface area (Å²) in [6, 6.07) is 9.09. The second-order valence-electron chi connectivity index (χ2n) is 6.85. The van der Waals surface area contributed by atoms with Gasteiger partial charge in [-0.25, -0.2) is 4.98 Å². The molecule has 3 rings (SSSR count). The van der Waals surface area contributed by atoms with Gasteiger partial charge in [-0.1, -0.05) is 0 Å². The number of aromatic nitrogens is 1. The molecule has 1 aromatic carbocycles. The Morgan fingerprint density at radius 2 is 1.69 bits per heavy atom. The van der Waals surface area contributed by atoms with Crippen LogP contribution < -0.4 is 10.2 Å². The molecule has 0 atom stereocenters. The van der Waals surface area contributed by atoms with Gasteiger partial charge < -0.3 is 10.2 Å². The van der Waals surface area contributed by atoms with Crippen molar-refractivity contribution in [2.24, 2.45) is 0 Å². The third kappa shape index (κ3) is 5.54. The molecular weight excluding hydrogens is 385 g/mol. The fourth-order valence-electron chi connectivity index (χ4n) is 3.07. The molecule has 0 aliphatic carbocycles. The van der Waals surface area contributed by atoms with E-state index in [4.69, 9.17) is 0 Å². The van der Waals surface area contributed by atoms with Gasteiger partial charge in [0.05, 0.1) is 12.1 Å². The molecule has 1 N–H and O–H groups in total. The van der Waals surface area contributed by atoms with Gasteiger partial charge in [-0.2, -0.15) is 13.2 Å². The predicted octanol–water partition coefficient (Wildman–Crippen LogP) is 3.06. The summed E-state index contributed by atoms with van der Waals surface area (Å²) in [5.74, 6) is 0.289. The summed E-state index contributed by atoms with van der Waals surface area (Å²) >= 11 is 0. The van der Waals surface area contributed by atoms with E-state index in [0.29, 0.717) is 43.2 Å². The van der Waals surface area contributed by atoms with Crippen LogP contribution in [-0.4, -0.2) is 54.3 Å². The zero-order chi connectivity index (χ0) is 21.0. The highest BCUT2D eigenvalue weighted by molar-refractivity contribution is 5.96. The normalized spacial score (nSPS) is 15.2. The van der Waals surface area contributed by atoms with E-state index in [1.807, 2.05) is 9.80 Å². The van der Waals surface area contributed by atoms with Crippen molar-refractivity contribution in [3.63, 3.8) is 0 Å². The Morgan fingerprint density at radius 3 is 2.21 bits per heavy atom. The Morgan fingerprint density at radius 1 is 1.03 bits per heavy atom. The number of hydrogen-bond donors (Lipinski definition) is 1. The third-order valence-corrected chi connectivity index (χ3v) is 4.71. The van der Waals surface area contributed by atoms with E-state index in [9.17, 15) is 22.8 Å². The van der Waals surface area contributed by atoms with Crippen LogP contribution in [-0.2, 0) is 11.0 Å². The van der Waals surface area contributed by atoms with Crippen molar-refractivity contribution in [2.45, 2.75) is 13.1 Å². The molecule has 1 aromatic heterocycles. The third-order valence-electron chi connectivity index (χ3n) is 4.71. The van der Waals surface area contributed by atoms with Crippen LogP contribution in [0.4, 0.5) is 24.7 Å². The zero-order valence-corrected chi connectivity index (χ0v) is 15.9. The first kappa shape index (κ1) is 20.8. The molecule has 1 fully saturated rings. The molecule has 1 aliphatic heterocycles. The quantitative estimate of drug-likeness (QED) is 0.774. The number of piperazine rings is 1. The van der Waals surface area contributed by atoms with Crippen LogP contribution in [0.2, 0.25) is 0 Å². The molecule has 6 nitrogen and oxygen atoms in total. The Hall–Kier alpha value is -2.94. The highest BCUT2D eigenvalue weighted by Gasteiger charge is 2.31. The van der Waals surface area contributed by atoms with E-state index >= 15 is 0 Å². The fraction of sp³-hybridized carbons (Fsp3) is 0.350. The van der Waals surface area contributed by atoms with Gasteiger partial charge in [-0.05, 0) is 43.3 Å². The SMILES string of the molecule is CC(=O)c1ccc(NC(=O)CN2CCN(c3ccc(C(F)(F)F)cn3)CC2)cc1. The first-order valence-electron chi connectivity index (χ1n) is 9.14. The molecule has 0 unspecified atom stereocenters. The Bertz CT molecular complexity index is 859. The number of ketones is 1. The van der Waals surface area contributed by atoms with E-state index in [1.54, 1.807) is 24.3 Å². The lowest BCUT2D eigenvalue weighted by Crippen LogP contribution is -2.48. The number of Topliss-reactive ketones (excluding diaryl/α,β-unsaturated/α-hetero) is 1. The molecule has 2 aromatic rings. The van der Waals surface area contributed by atoms with Crippen LogP contribution in [0.1, 0.15) is 22.8 Å². The molecule has 0 radical (unpaired) electrons. The fourth-order valence-corrected chi connectivity index (χ4v) is 3.07. The number of halogens is 3. The average Bonchev–Trinajstić information content (AvgIpc) is 2.68. The number of amides is 1. The molecule has 0 spiro atoms. The summed E-state index contributed by atoms with van der Waals surface area (Å²) in [7, 11) is 0. The Kier molecular flexibility index (Phi) is 6.17. The van der Waals surface area contributed by atoms with Crippen molar-refractivity contribution in [1.82, 2.24) is 9.88 Å². The summed E-state index contributed by atoms with van der Waals surface area (Å²) in [6.07, 6.45) is -3.56. The molecule has 0 saturated carbocycles. The maximum Gasteiger partial charge on any atom is 0.417 e. The van der Waals surface area contributed by atoms with Gasteiger partial charge >= 0.3 is 6.18 Å². The standard InChI is InChI=1S/C20H21F3N4O2/c1-14(28)15-2-5-17(6-3-15)25-19(29)13-26-8-10-27(11-9-26)18-7-4-16(12-24-18)20(21,22)23/h2-7,12H,8-11,13H2,1H3,(H,25,29). The number of nitrogens with one attached hydrogen (secondary N) is 1. The number of hydrogen-bond acceptors (Lipinski definition) is 5. The molecule has 9 heteroatoms. The molecular formula is C20H21F3N4O2. The highest BCUT2D eigenvalue weighted by atomic mass is 19.4. The van der Waals surface area contributed by atoms with E-state index in [0.717, 1.165) is 12.3 Å². The second kappa shape index (κ2) is 8.60. The smallest absolute Gasteiger partial charge is 0.354 e. The van der Waals surface area contributed by atoms with E-state index in [2.05, 4.69) is 10.3 Å². The summed E-state index contributed by atoms with van der Waals surface area (Å²) in [4.78, 5) is 31.3. The highest BCUT2D eigenvalue weighted by Crippen LogP contribution is 2.29. The van der Waals surface area contributed by atoms with Gasteiger partial charge in [0, 0.05) is 43.6 Å². The van der Waals surface area contributed by atoms with Crippen molar-refractivity contribution < 1.29 is 22.8 Å². The zero-order valence-electron chi connectivity index (χ0n) is 15.9. The van der Waals surface area contributed by atoms with Crippen LogP contribution >= 0.6 is 0 Å². The van der Waals surface area contributed by atoms with Crippen LogP contribution in [0.15, 0.2) is 42.6 Å². The maximum atomic E-state index is 12.6. The lowest BCUT2D eigenvalue weighted by Gasteiger charge is -2.35. The number of rotatable bonds is 5. The Labute approximate surface area is 166 Å². The number of pyridine rings is 1. The number of nitrogens with zero attached hydrogens (tertiary/aromatic N) is 3. The second-order valence-corrected chi connectivity index (χ2v) is 6.85. The summed E-state index contributed by atoms with van der Waals surface area (Å²) in [6.45, 7) is 4.02. The number of carbonyl (C=O) groups excluding carboxylic acids is 2. The van der Waals surface area contributed by atoms with Crippen molar-refractivity contribution in [2.75, 3.05) is 42.9 Å². The molecule has 2 heterocycles. The van der Waals surface area contributed by atoms with Crippen molar-refractivity contribution in [3.05, 3.63) is 53.7 Å². The minimum absolute atomic E-state index is 0.0386. The molecule has 154 valence electrons. The minimum atomic E-state index is -4.40. The Balaban J connectivity index is 1.48. The summed E-state index contributed by atoms with van der Waals surface area (Å²) < 4.78 is 37.9. The largest absolute Gasteiger partial charge is 0.417 e. The van der Waals surface area contributed by atoms with Gasteiger partial charge in [0.25, 0.3) is 0 Å². The molecule has 0 bridgehead atoms. The summed E-state index contributed by atoms with van der Waals surface area (Å²) in [5.41, 5.74) is 0.427. The number of anilines is 2. The van der Waals surface area contributed by atoms with Gasteiger partial charge in [0.15, 0.2) is 5.78 Å². The molecule has 1 aliphatic rings. The molecule has 1 saturated heterocycles. The van der Waals surface area contributed by atoms with Crippen LogP contribution in [0.5, 0.6) is 0 Å². The first-order chi connectivity index (χ1) is 13.7. The average molecular weight is 406 g/mol. The number of carbonyl (C=O) groups is 2. The van der Waals surface area contributed by atoms with Gasteiger partial charge in [0.1, 0.15) is 5.82 Å². The first-order valence-corrected chi connectivity index (χ1v) is 9.14. The monoisotopic (exact) mass is 406 g/mol. The maximum absolute atomic E-state index is 12.6. The molecule has 29 heavy (non-hydrogen) atoms. The minimum Gasteiger partial charge on any atom is -0.354 e. The summed E-state index contributed by atoms with van der Waals surface area (Å²) in [5, 5.41) is 2.79. The topological polar surface area (TPSA) is 65.5 Å². The van der Waals surface area contributed by atoms with Gasteiger partial charge in [-0.3, -0.25) is 14.5 Å². The lowest BCUT2D eigenvalue weighted by molar-refractivity contribution is -0.137. The molecule has 1 amide bonds. The van der Waals surface area contributed by atoms with E-state index < -0.39 is 11.7 Å².